The van der Waals surface area contributed by atoms with Crippen LogP contribution in [0.5, 0.6) is 0 Å². The maximum absolute atomic E-state index is 12.9. The minimum absolute atomic E-state index is 0.117. The SMILES string of the molecule is Cn1c(=O)n(Cc2cccc(C#N)c2)c2c(N3CCC[C@@H](N)C3)ccnc21. The molecule has 2 N–H and O–H groups in total. The van der Waals surface area contributed by atoms with Gasteiger partial charge >= 0.3 is 5.69 Å². The minimum Gasteiger partial charge on any atom is -0.368 e. The second-order valence-electron chi connectivity index (χ2n) is 7.09. The Kier molecular flexibility index (Phi) is 4.42. The van der Waals surface area contributed by atoms with Gasteiger partial charge in [-0.05, 0) is 36.6 Å². The van der Waals surface area contributed by atoms with Crippen LogP contribution in [0.2, 0.25) is 0 Å². The van der Waals surface area contributed by atoms with E-state index in [0.717, 1.165) is 42.7 Å². The minimum atomic E-state index is -0.117. The van der Waals surface area contributed by atoms with Gasteiger partial charge in [0.2, 0.25) is 0 Å². The van der Waals surface area contributed by atoms with E-state index in [-0.39, 0.29) is 11.7 Å². The molecule has 1 fully saturated rings. The molecule has 138 valence electrons. The molecule has 1 aliphatic heterocycles. The van der Waals surface area contributed by atoms with Gasteiger partial charge < -0.3 is 10.6 Å². The lowest BCUT2D eigenvalue weighted by molar-refractivity contribution is 0.506. The second kappa shape index (κ2) is 6.89. The molecule has 0 spiro atoms. The molecule has 0 aliphatic carbocycles. The van der Waals surface area contributed by atoms with E-state index in [1.165, 1.54) is 0 Å². The van der Waals surface area contributed by atoms with Gasteiger partial charge in [0.1, 0.15) is 5.52 Å². The first-order chi connectivity index (χ1) is 13.1. The molecule has 3 aromatic rings. The summed E-state index contributed by atoms with van der Waals surface area (Å²) in [5.74, 6) is 0. The highest BCUT2D eigenvalue weighted by Gasteiger charge is 2.23. The summed E-state index contributed by atoms with van der Waals surface area (Å²) in [7, 11) is 1.74. The third kappa shape index (κ3) is 3.09. The van der Waals surface area contributed by atoms with Crippen molar-refractivity contribution < 1.29 is 0 Å². The molecule has 7 nitrogen and oxygen atoms in total. The van der Waals surface area contributed by atoms with Crippen LogP contribution in [0.15, 0.2) is 41.3 Å². The van der Waals surface area contributed by atoms with Crippen LogP contribution in [0.25, 0.3) is 11.2 Å². The van der Waals surface area contributed by atoms with Gasteiger partial charge in [-0.3, -0.25) is 9.13 Å². The third-order valence-corrected chi connectivity index (χ3v) is 5.18. The maximum atomic E-state index is 12.9. The van der Waals surface area contributed by atoms with Gasteiger partial charge in [-0.1, -0.05) is 12.1 Å². The van der Waals surface area contributed by atoms with Gasteiger partial charge in [0.15, 0.2) is 5.65 Å². The van der Waals surface area contributed by atoms with Crippen LogP contribution >= 0.6 is 0 Å². The molecular weight excluding hydrogens is 340 g/mol. The van der Waals surface area contributed by atoms with E-state index >= 15 is 0 Å². The molecule has 1 saturated heterocycles. The fourth-order valence-corrected chi connectivity index (χ4v) is 3.86. The van der Waals surface area contributed by atoms with Crippen LogP contribution in [-0.4, -0.2) is 33.2 Å². The van der Waals surface area contributed by atoms with Crippen LogP contribution in [0.4, 0.5) is 5.69 Å². The monoisotopic (exact) mass is 362 g/mol. The van der Waals surface area contributed by atoms with Crippen molar-refractivity contribution in [2.24, 2.45) is 12.8 Å². The number of hydrogen-bond acceptors (Lipinski definition) is 5. The van der Waals surface area contributed by atoms with E-state index in [1.807, 2.05) is 24.3 Å². The van der Waals surface area contributed by atoms with Gasteiger partial charge in [-0.15, -0.1) is 0 Å². The largest absolute Gasteiger partial charge is 0.368 e. The van der Waals surface area contributed by atoms with E-state index < -0.39 is 0 Å². The number of hydrogen-bond donors (Lipinski definition) is 1. The van der Waals surface area contributed by atoms with Crippen LogP contribution in [0, 0.1) is 11.3 Å². The van der Waals surface area contributed by atoms with Crippen molar-refractivity contribution in [1.29, 1.82) is 5.26 Å². The molecule has 2 aromatic heterocycles. The average molecular weight is 362 g/mol. The summed E-state index contributed by atoms with van der Waals surface area (Å²) in [6.45, 7) is 2.08. The number of nitrogens with two attached hydrogens (primary N) is 1. The summed E-state index contributed by atoms with van der Waals surface area (Å²) in [4.78, 5) is 19.6. The lowest BCUT2D eigenvalue weighted by Gasteiger charge is -2.33. The van der Waals surface area contributed by atoms with Gasteiger partial charge in [0, 0.05) is 32.4 Å². The summed E-state index contributed by atoms with van der Waals surface area (Å²) < 4.78 is 3.32. The predicted molar refractivity (Wildman–Crippen MR) is 105 cm³/mol. The van der Waals surface area contributed by atoms with Gasteiger partial charge in [-0.25, -0.2) is 9.78 Å². The van der Waals surface area contributed by atoms with E-state index in [1.54, 1.807) is 28.4 Å². The summed E-state index contributed by atoms with van der Waals surface area (Å²) in [5, 5.41) is 9.15. The lowest BCUT2D eigenvalue weighted by Crippen LogP contribution is -2.43. The molecule has 1 aliphatic rings. The molecule has 0 unspecified atom stereocenters. The number of aryl methyl sites for hydroxylation is 1. The Morgan fingerprint density at radius 2 is 2.22 bits per heavy atom. The average Bonchev–Trinajstić information content (AvgIpc) is 2.93. The molecule has 4 rings (SSSR count). The fourth-order valence-electron chi connectivity index (χ4n) is 3.86. The van der Waals surface area contributed by atoms with Crippen LogP contribution < -0.4 is 16.3 Å². The first-order valence-corrected chi connectivity index (χ1v) is 9.12. The number of imidazole rings is 1. The first kappa shape index (κ1) is 17.3. The Morgan fingerprint density at radius 3 is 3.00 bits per heavy atom. The van der Waals surface area contributed by atoms with E-state index in [9.17, 15) is 4.79 Å². The number of nitrogens with zero attached hydrogens (tertiary/aromatic N) is 5. The molecule has 0 amide bonds. The molecule has 1 aromatic carbocycles. The number of benzene rings is 1. The van der Waals surface area contributed by atoms with Crippen molar-refractivity contribution >= 4 is 16.9 Å². The third-order valence-electron chi connectivity index (χ3n) is 5.18. The van der Waals surface area contributed by atoms with Crippen molar-refractivity contribution in [2.45, 2.75) is 25.4 Å². The quantitative estimate of drug-likeness (QED) is 0.764. The summed E-state index contributed by atoms with van der Waals surface area (Å²) in [6, 6.07) is 11.6. The maximum Gasteiger partial charge on any atom is 0.330 e. The molecular formula is C20H22N6O. The lowest BCUT2D eigenvalue weighted by atomic mass is 10.1. The van der Waals surface area contributed by atoms with Crippen molar-refractivity contribution in [3.8, 4) is 6.07 Å². The number of anilines is 1. The highest BCUT2D eigenvalue weighted by molar-refractivity contribution is 5.87. The zero-order valence-electron chi connectivity index (χ0n) is 15.3. The number of aromatic nitrogens is 3. The number of pyridine rings is 1. The van der Waals surface area contributed by atoms with Gasteiger partial charge in [-0.2, -0.15) is 5.26 Å². The summed E-state index contributed by atoms with van der Waals surface area (Å²) in [5.41, 5.74) is 10.0. The molecule has 3 heterocycles. The van der Waals surface area contributed by atoms with Crippen LogP contribution in [0.3, 0.4) is 0 Å². The Balaban J connectivity index is 1.85. The standard InChI is InChI=1S/C20H22N6O/c1-24-19-18(17(7-8-23-19)25-9-3-6-16(22)13-25)26(20(24)27)12-15-5-2-4-14(10-15)11-21/h2,4-5,7-8,10,16H,3,6,9,12-13,22H2,1H3/t16-/m1/s1. The molecule has 0 bridgehead atoms. The van der Waals surface area contributed by atoms with Crippen molar-refractivity contribution in [3.05, 3.63) is 58.1 Å². The summed E-state index contributed by atoms with van der Waals surface area (Å²) in [6.07, 6.45) is 3.80. The smallest absolute Gasteiger partial charge is 0.330 e. The topological polar surface area (TPSA) is 92.9 Å². The van der Waals surface area contributed by atoms with E-state index in [2.05, 4.69) is 16.0 Å². The van der Waals surface area contributed by atoms with Gasteiger partial charge in [0.25, 0.3) is 0 Å². The van der Waals surface area contributed by atoms with E-state index in [0.29, 0.717) is 17.8 Å². The van der Waals surface area contributed by atoms with Crippen LogP contribution in [0.1, 0.15) is 24.0 Å². The number of rotatable bonds is 3. The zero-order valence-corrected chi connectivity index (χ0v) is 15.3. The van der Waals surface area contributed by atoms with Crippen molar-refractivity contribution in [1.82, 2.24) is 14.1 Å². The number of fused-ring (bicyclic) bond motifs is 1. The number of nitriles is 1. The Morgan fingerprint density at radius 1 is 1.37 bits per heavy atom. The molecule has 0 saturated carbocycles. The second-order valence-corrected chi connectivity index (χ2v) is 7.09. The highest BCUT2D eigenvalue weighted by Crippen LogP contribution is 2.27. The molecule has 27 heavy (non-hydrogen) atoms. The Hall–Kier alpha value is -3.11. The summed E-state index contributed by atoms with van der Waals surface area (Å²) >= 11 is 0. The van der Waals surface area contributed by atoms with Crippen LogP contribution in [-0.2, 0) is 13.6 Å². The molecule has 0 radical (unpaired) electrons. The zero-order chi connectivity index (χ0) is 19.0. The Labute approximate surface area is 157 Å². The highest BCUT2D eigenvalue weighted by atomic mass is 16.1. The predicted octanol–water partition coefficient (Wildman–Crippen LogP) is 1.58. The fraction of sp³-hybridized carbons (Fsp3) is 0.350. The molecule has 1 atom stereocenters. The number of piperidine rings is 1. The van der Waals surface area contributed by atoms with Gasteiger partial charge in [0.05, 0.1) is 23.9 Å². The Bertz CT molecular complexity index is 1090. The van der Waals surface area contributed by atoms with Crippen molar-refractivity contribution in [3.63, 3.8) is 0 Å². The molecule has 7 heteroatoms. The normalized spacial score (nSPS) is 17.2. The van der Waals surface area contributed by atoms with E-state index in [4.69, 9.17) is 11.0 Å². The first-order valence-electron chi connectivity index (χ1n) is 9.12. The van der Waals surface area contributed by atoms with Crippen molar-refractivity contribution in [2.75, 3.05) is 18.0 Å².